The van der Waals surface area contributed by atoms with Crippen LogP contribution in [0.1, 0.15) is 15.9 Å². The number of hydrogen-bond donors (Lipinski definition) is 2. The van der Waals surface area contributed by atoms with Gasteiger partial charge >= 0.3 is 0 Å². The van der Waals surface area contributed by atoms with Crippen molar-refractivity contribution in [3.8, 4) is 0 Å². The highest BCUT2D eigenvalue weighted by atomic mass is 35.5. The summed E-state index contributed by atoms with van der Waals surface area (Å²) in [5, 5.41) is 3.14. The molecule has 0 aliphatic rings. The number of amides is 1. The lowest BCUT2D eigenvalue weighted by Crippen LogP contribution is -2.13. The smallest absolute Gasteiger partial charge is 0.255 e. The first-order valence-electron chi connectivity index (χ1n) is 5.35. The molecule has 92 valence electrons. The van der Waals surface area contributed by atoms with Gasteiger partial charge in [0.15, 0.2) is 0 Å². The summed E-state index contributed by atoms with van der Waals surface area (Å²) in [4.78, 5) is 16.0. The molecule has 1 aromatic carbocycles. The second-order valence-corrected chi connectivity index (χ2v) is 4.29. The Bertz CT molecular complexity index is 599. The average Bonchev–Trinajstić information content (AvgIpc) is 2.35. The van der Waals surface area contributed by atoms with Crippen LogP contribution in [-0.2, 0) is 0 Å². The van der Waals surface area contributed by atoms with Crippen molar-refractivity contribution in [1.82, 2.24) is 4.98 Å². The standard InChI is InChI=1S/C13H12ClN3O/c1-8-4-5-16-7-12(8)17-13(18)9-2-3-11(15)10(14)6-9/h2-7H,15H2,1H3,(H,17,18). The van der Waals surface area contributed by atoms with E-state index in [1.807, 2.05) is 13.0 Å². The first-order valence-corrected chi connectivity index (χ1v) is 5.72. The summed E-state index contributed by atoms with van der Waals surface area (Å²) in [7, 11) is 0. The lowest BCUT2D eigenvalue weighted by Gasteiger charge is -2.08. The molecule has 0 aliphatic heterocycles. The minimum Gasteiger partial charge on any atom is -0.398 e. The van der Waals surface area contributed by atoms with Crippen LogP contribution in [0.4, 0.5) is 11.4 Å². The molecule has 1 aromatic heterocycles. The second kappa shape index (κ2) is 5.06. The zero-order valence-corrected chi connectivity index (χ0v) is 10.5. The van der Waals surface area contributed by atoms with E-state index in [0.717, 1.165) is 5.56 Å². The average molecular weight is 262 g/mol. The molecule has 0 atom stereocenters. The third kappa shape index (κ3) is 2.60. The summed E-state index contributed by atoms with van der Waals surface area (Å²) in [6, 6.07) is 6.60. The van der Waals surface area contributed by atoms with Crippen molar-refractivity contribution in [3.05, 3.63) is 52.8 Å². The molecule has 0 aliphatic carbocycles. The Hall–Kier alpha value is -2.07. The van der Waals surface area contributed by atoms with Crippen LogP contribution in [0.15, 0.2) is 36.7 Å². The van der Waals surface area contributed by atoms with Gasteiger partial charge in [0.2, 0.25) is 0 Å². The Labute approximate surface area is 110 Å². The van der Waals surface area contributed by atoms with Gasteiger partial charge in [0.1, 0.15) is 0 Å². The van der Waals surface area contributed by atoms with Crippen molar-refractivity contribution >= 4 is 28.9 Å². The van der Waals surface area contributed by atoms with Crippen molar-refractivity contribution in [1.29, 1.82) is 0 Å². The number of anilines is 2. The van der Waals surface area contributed by atoms with Crippen LogP contribution in [0.25, 0.3) is 0 Å². The molecule has 0 saturated heterocycles. The first-order chi connectivity index (χ1) is 8.58. The molecule has 1 heterocycles. The second-order valence-electron chi connectivity index (χ2n) is 3.88. The molecule has 0 saturated carbocycles. The van der Waals surface area contributed by atoms with Gasteiger partial charge in [0, 0.05) is 11.8 Å². The van der Waals surface area contributed by atoms with Gasteiger partial charge in [-0.15, -0.1) is 0 Å². The van der Waals surface area contributed by atoms with Crippen molar-refractivity contribution in [2.75, 3.05) is 11.1 Å². The number of hydrogen-bond acceptors (Lipinski definition) is 3. The zero-order valence-electron chi connectivity index (χ0n) is 9.77. The molecule has 18 heavy (non-hydrogen) atoms. The van der Waals surface area contributed by atoms with Gasteiger partial charge < -0.3 is 11.1 Å². The van der Waals surface area contributed by atoms with E-state index < -0.39 is 0 Å². The molecule has 0 bridgehead atoms. The highest BCUT2D eigenvalue weighted by molar-refractivity contribution is 6.33. The van der Waals surface area contributed by atoms with E-state index in [1.165, 1.54) is 6.07 Å². The minimum atomic E-state index is -0.243. The number of benzene rings is 1. The highest BCUT2D eigenvalue weighted by Gasteiger charge is 2.09. The lowest BCUT2D eigenvalue weighted by atomic mass is 10.2. The number of nitrogens with two attached hydrogens (primary N) is 1. The van der Waals surface area contributed by atoms with Gasteiger partial charge in [0.25, 0.3) is 5.91 Å². The number of aromatic nitrogens is 1. The Balaban J connectivity index is 2.22. The number of nitrogen functional groups attached to an aromatic ring is 1. The maximum Gasteiger partial charge on any atom is 0.255 e. The predicted molar refractivity (Wildman–Crippen MR) is 72.8 cm³/mol. The van der Waals surface area contributed by atoms with Gasteiger partial charge in [-0.25, -0.2) is 0 Å². The van der Waals surface area contributed by atoms with Gasteiger partial charge in [-0.05, 0) is 36.8 Å². The van der Waals surface area contributed by atoms with E-state index in [4.69, 9.17) is 17.3 Å². The predicted octanol–water partition coefficient (Wildman–Crippen LogP) is 2.88. The Morgan fingerprint density at radius 2 is 2.17 bits per heavy atom. The van der Waals surface area contributed by atoms with Crippen LogP contribution in [0.3, 0.4) is 0 Å². The van der Waals surface area contributed by atoms with Crippen molar-refractivity contribution in [2.45, 2.75) is 6.92 Å². The number of rotatable bonds is 2. The highest BCUT2D eigenvalue weighted by Crippen LogP contribution is 2.20. The van der Waals surface area contributed by atoms with E-state index in [9.17, 15) is 4.79 Å². The largest absolute Gasteiger partial charge is 0.398 e. The maximum atomic E-state index is 12.0. The van der Waals surface area contributed by atoms with E-state index in [2.05, 4.69) is 10.3 Å². The number of carbonyl (C=O) groups excluding carboxylic acids is 1. The van der Waals surface area contributed by atoms with E-state index in [1.54, 1.807) is 24.5 Å². The fourth-order valence-corrected chi connectivity index (χ4v) is 1.64. The molecule has 1 amide bonds. The van der Waals surface area contributed by atoms with Crippen LogP contribution in [-0.4, -0.2) is 10.9 Å². The Kier molecular flexibility index (Phi) is 3.48. The fraction of sp³-hybridized carbons (Fsp3) is 0.0769. The molecule has 0 spiro atoms. The molecule has 2 rings (SSSR count). The third-order valence-corrected chi connectivity index (χ3v) is 2.88. The normalized spacial score (nSPS) is 10.1. The fourth-order valence-electron chi connectivity index (χ4n) is 1.46. The number of pyridine rings is 1. The number of carbonyl (C=O) groups is 1. The molecule has 3 N–H and O–H groups in total. The van der Waals surface area contributed by atoms with Crippen molar-refractivity contribution < 1.29 is 4.79 Å². The zero-order chi connectivity index (χ0) is 13.1. The number of nitrogens with one attached hydrogen (secondary N) is 1. The van der Waals surface area contributed by atoms with Crippen LogP contribution in [0.2, 0.25) is 5.02 Å². The summed E-state index contributed by atoms with van der Waals surface area (Å²) in [5.74, 6) is -0.243. The first kappa shape index (κ1) is 12.4. The van der Waals surface area contributed by atoms with Gasteiger partial charge in [-0.1, -0.05) is 11.6 Å². The molecule has 0 fully saturated rings. The van der Waals surface area contributed by atoms with Crippen LogP contribution < -0.4 is 11.1 Å². The van der Waals surface area contributed by atoms with Gasteiger partial charge in [-0.3, -0.25) is 9.78 Å². The van der Waals surface area contributed by atoms with Gasteiger partial charge in [0.05, 0.1) is 22.6 Å². The minimum absolute atomic E-state index is 0.243. The number of halogens is 1. The molecule has 4 nitrogen and oxygen atoms in total. The van der Waals surface area contributed by atoms with E-state index in [0.29, 0.717) is 22.0 Å². The van der Waals surface area contributed by atoms with Crippen LogP contribution in [0.5, 0.6) is 0 Å². The van der Waals surface area contributed by atoms with Crippen molar-refractivity contribution in [2.24, 2.45) is 0 Å². The van der Waals surface area contributed by atoms with E-state index >= 15 is 0 Å². The Morgan fingerprint density at radius 3 is 2.83 bits per heavy atom. The monoisotopic (exact) mass is 261 g/mol. The topological polar surface area (TPSA) is 68.0 Å². The number of nitrogens with zero attached hydrogens (tertiary/aromatic N) is 1. The third-order valence-electron chi connectivity index (χ3n) is 2.55. The quantitative estimate of drug-likeness (QED) is 0.817. The van der Waals surface area contributed by atoms with Gasteiger partial charge in [-0.2, -0.15) is 0 Å². The lowest BCUT2D eigenvalue weighted by molar-refractivity contribution is 0.102. The molecule has 5 heteroatoms. The summed E-state index contributed by atoms with van der Waals surface area (Å²) in [6.45, 7) is 1.90. The SMILES string of the molecule is Cc1ccncc1NC(=O)c1ccc(N)c(Cl)c1. The van der Waals surface area contributed by atoms with E-state index in [-0.39, 0.29) is 5.91 Å². The summed E-state index contributed by atoms with van der Waals surface area (Å²) >= 11 is 5.87. The van der Waals surface area contributed by atoms with Crippen molar-refractivity contribution in [3.63, 3.8) is 0 Å². The Morgan fingerprint density at radius 1 is 1.39 bits per heavy atom. The molecule has 2 aromatic rings. The van der Waals surface area contributed by atoms with Crippen LogP contribution >= 0.6 is 11.6 Å². The summed E-state index contributed by atoms with van der Waals surface area (Å²) in [6.07, 6.45) is 3.28. The summed E-state index contributed by atoms with van der Waals surface area (Å²) < 4.78 is 0. The molecular formula is C13H12ClN3O. The van der Waals surface area contributed by atoms with Crippen LogP contribution in [0, 0.1) is 6.92 Å². The summed E-state index contributed by atoms with van der Waals surface area (Å²) in [5.41, 5.74) is 8.12. The number of aryl methyl sites for hydroxylation is 1. The molecular weight excluding hydrogens is 250 g/mol. The maximum absolute atomic E-state index is 12.0. The molecule has 0 radical (unpaired) electrons. The molecule has 0 unspecified atom stereocenters.